The summed E-state index contributed by atoms with van der Waals surface area (Å²) < 4.78 is 16.1. The van der Waals surface area contributed by atoms with Gasteiger partial charge in [-0.1, -0.05) is 24.3 Å². The molecule has 0 aliphatic carbocycles. The van der Waals surface area contributed by atoms with Gasteiger partial charge in [0, 0.05) is 5.56 Å². The number of thiocarbonyl (C=S) groups is 1. The second kappa shape index (κ2) is 9.72. The van der Waals surface area contributed by atoms with Crippen molar-refractivity contribution in [3.05, 3.63) is 77.6 Å². The van der Waals surface area contributed by atoms with Crippen molar-refractivity contribution in [2.75, 3.05) is 18.6 Å². The van der Waals surface area contributed by atoms with E-state index in [1.807, 2.05) is 0 Å². The fraction of sp³-hybridized carbons (Fsp3) is 0.120. The fourth-order valence-electron chi connectivity index (χ4n) is 3.40. The molecule has 2 heterocycles. The second-order valence-corrected chi connectivity index (χ2v) is 7.52. The molecule has 1 aromatic heterocycles. The third kappa shape index (κ3) is 4.46. The van der Waals surface area contributed by atoms with Crippen LogP contribution in [0, 0.1) is 0 Å². The summed E-state index contributed by atoms with van der Waals surface area (Å²) in [5, 5.41) is 2.49. The maximum atomic E-state index is 13.2. The Labute approximate surface area is 200 Å². The third-order valence-corrected chi connectivity index (χ3v) is 5.31. The minimum atomic E-state index is -0.627. The molecular formula is C25H20N2O6S. The Morgan fingerprint density at radius 3 is 2.53 bits per heavy atom. The Morgan fingerprint density at radius 1 is 1.09 bits per heavy atom. The van der Waals surface area contributed by atoms with E-state index in [-0.39, 0.29) is 10.7 Å². The number of anilines is 1. The first-order chi connectivity index (χ1) is 16.4. The van der Waals surface area contributed by atoms with Crippen molar-refractivity contribution in [1.82, 2.24) is 5.32 Å². The van der Waals surface area contributed by atoms with Crippen LogP contribution in [0.3, 0.4) is 0 Å². The van der Waals surface area contributed by atoms with Crippen LogP contribution in [0.2, 0.25) is 0 Å². The molecule has 4 rings (SSSR count). The molecule has 2 aromatic carbocycles. The van der Waals surface area contributed by atoms with E-state index in [2.05, 4.69) is 5.32 Å². The number of nitrogens with one attached hydrogen (secondary N) is 1. The van der Waals surface area contributed by atoms with Crippen LogP contribution < -0.4 is 15.0 Å². The first-order valence-electron chi connectivity index (χ1n) is 10.3. The van der Waals surface area contributed by atoms with Gasteiger partial charge in [-0.15, -0.1) is 0 Å². The zero-order valence-corrected chi connectivity index (χ0v) is 19.2. The van der Waals surface area contributed by atoms with Crippen LogP contribution in [-0.4, -0.2) is 36.6 Å². The minimum Gasteiger partial charge on any atom is -0.495 e. The number of furan rings is 1. The van der Waals surface area contributed by atoms with Crippen LogP contribution in [0.25, 0.3) is 17.4 Å². The number of carbonyl (C=O) groups is 3. The van der Waals surface area contributed by atoms with Gasteiger partial charge in [0.25, 0.3) is 11.8 Å². The molecule has 9 heteroatoms. The highest BCUT2D eigenvalue weighted by atomic mass is 32.1. The predicted molar refractivity (Wildman–Crippen MR) is 129 cm³/mol. The molecule has 2 amide bonds. The number of amides is 2. The zero-order chi connectivity index (χ0) is 24.2. The fourth-order valence-corrected chi connectivity index (χ4v) is 3.68. The van der Waals surface area contributed by atoms with Gasteiger partial charge in [0.15, 0.2) is 5.11 Å². The van der Waals surface area contributed by atoms with E-state index in [4.69, 9.17) is 26.1 Å². The van der Waals surface area contributed by atoms with Crippen LogP contribution in [0.15, 0.2) is 70.7 Å². The Hall–Kier alpha value is -4.24. The number of para-hydroxylation sites is 2. The standard InChI is InChI=1S/C25H20N2O6S/c1-3-32-24(30)16-10-8-15(9-11-16)20-13-12-17(33-20)14-18-22(28)26-25(34)27(23(18)29)19-6-4-5-7-21(19)31-2/h4-14H,3H2,1-2H3,(H,26,28,34)/b18-14+. The normalized spacial score (nSPS) is 14.8. The predicted octanol–water partition coefficient (Wildman–Crippen LogP) is 3.96. The molecule has 3 aromatic rings. The van der Waals surface area contributed by atoms with Crippen molar-refractivity contribution < 1.29 is 28.3 Å². The number of nitrogens with zero attached hydrogens (tertiary/aromatic N) is 1. The maximum absolute atomic E-state index is 13.2. The lowest BCUT2D eigenvalue weighted by Gasteiger charge is -2.29. The number of rotatable bonds is 6. The second-order valence-electron chi connectivity index (χ2n) is 7.13. The number of esters is 1. The molecule has 1 fully saturated rings. The average Bonchev–Trinajstić information content (AvgIpc) is 3.31. The van der Waals surface area contributed by atoms with E-state index >= 15 is 0 Å². The topological polar surface area (TPSA) is 98.1 Å². The molecular weight excluding hydrogens is 456 g/mol. The molecule has 1 aliphatic rings. The van der Waals surface area contributed by atoms with Gasteiger partial charge in [-0.3, -0.25) is 14.9 Å². The van der Waals surface area contributed by atoms with Crippen molar-refractivity contribution in [1.29, 1.82) is 0 Å². The van der Waals surface area contributed by atoms with E-state index in [9.17, 15) is 14.4 Å². The maximum Gasteiger partial charge on any atom is 0.338 e. The van der Waals surface area contributed by atoms with Crippen molar-refractivity contribution >= 4 is 46.9 Å². The monoisotopic (exact) mass is 476 g/mol. The van der Waals surface area contributed by atoms with Gasteiger partial charge in [-0.2, -0.15) is 0 Å². The molecule has 0 bridgehead atoms. The molecule has 0 saturated carbocycles. The minimum absolute atomic E-state index is 0.0431. The van der Waals surface area contributed by atoms with Gasteiger partial charge < -0.3 is 13.9 Å². The van der Waals surface area contributed by atoms with Gasteiger partial charge in [-0.25, -0.2) is 9.69 Å². The number of benzene rings is 2. The molecule has 0 radical (unpaired) electrons. The van der Waals surface area contributed by atoms with Crippen molar-refractivity contribution in [2.24, 2.45) is 0 Å². The van der Waals surface area contributed by atoms with Gasteiger partial charge >= 0.3 is 5.97 Å². The summed E-state index contributed by atoms with van der Waals surface area (Å²) in [7, 11) is 1.48. The molecule has 1 N–H and O–H groups in total. The quantitative estimate of drug-likeness (QED) is 0.249. The Morgan fingerprint density at radius 2 is 1.82 bits per heavy atom. The van der Waals surface area contributed by atoms with Gasteiger partial charge in [0.1, 0.15) is 22.8 Å². The summed E-state index contributed by atoms with van der Waals surface area (Å²) in [6.07, 6.45) is 1.36. The lowest BCUT2D eigenvalue weighted by atomic mass is 10.1. The lowest BCUT2D eigenvalue weighted by Crippen LogP contribution is -2.54. The highest BCUT2D eigenvalue weighted by molar-refractivity contribution is 7.80. The highest BCUT2D eigenvalue weighted by Gasteiger charge is 2.36. The molecule has 172 valence electrons. The van der Waals surface area contributed by atoms with Crippen LogP contribution in [-0.2, 0) is 14.3 Å². The Bertz CT molecular complexity index is 1310. The lowest BCUT2D eigenvalue weighted by molar-refractivity contribution is -0.122. The summed E-state index contributed by atoms with van der Waals surface area (Å²) in [4.78, 5) is 38.8. The number of methoxy groups -OCH3 is 1. The molecule has 0 unspecified atom stereocenters. The molecule has 34 heavy (non-hydrogen) atoms. The van der Waals surface area contributed by atoms with Crippen LogP contribution in [0.5, 0.6) is 5.75 Å². The SMILES string of the molecule is CCOC(=O)c1ccc(-c2ccc(/C=C3\C(=O)NC(=S)N(c4ccccc4OC)C3=O)o2)cc1. The highest BCUT2D eigenvalue weighted by Crippen LogP contribution is 2.31. The van der Waals surface area contributed by atoms with Crippen molar-refractivity contribution in [3.63, 3.8) is 0 Å². The number of hydrogen-bond acceptors (Lipinski definition) is 7. The Kier molecular flexibility index (Phi) is 6.55. The number of hydrogen-bond donors (Lipinski definition) is 1. The van der Waals surface area contributed by atoms with Crippen LogP contribution in [0.4, 0.5) is 5.69 Å². The number of ether oxygens (including phenoxy) is 2. The van der Waals surface area contributed by atoms with Crippen molar-refractivity contribution in [2.45, 2.75) is 6.92 Å². The van der Waals surface area contributed by atoms with E-state index in [0.29, 0.717) is 40.7 Å². The average molecular weight is 477 g/mol. The van der Waals surface area contributed by atoms with E-state index in [1.165, 1.54) is 18.1 Å². The Balaban J connectivity index is 1.61. The smallest absolute Gasteiger partial charge is 0.338 e. The van der Waals surface area contributed by atoms with Crippen molar-refractivity contribution in [3.8, 4) is 17.1 Å². The van der Waals surface area contributed by atoms with E-state index in [1.54, 1.807) is 67.6 Å². The first-order valence-corrected chi connectivity index (χ1v) is 10.8. The third-order valence-electron chi connectivity index (χ3n) is 5.02. The molecule has 1 aliphatic heterocycles. The van der Waals surface area contributed by atoms with Gasteiger partial charge in [0.05, 0.1) is 25.0 Å². The largest absolute Gasteiger partial charge is 0.495 e. The van der Waals surface area contributed by atoms with E-state index in [0.717, 1.165) is 0 Å². The van der Waals surface area contributed by atoms with E-state index < -0.39 is 17.8 Å². The summed E-state index contributed by atoms with van der Waals surface area (Å²) >= 11 is 5.24. The summed E-state index contributed by atoms with van der Waals surface area (Å²) in [5.41, 5.74) is 1.41. The van der Waals surface area contributed by atoms with Gasteiger partial charge in [-0.05, 0) is 61.6 Å². The van der Waals surface area contributed by atoms with Crippen LogP contribution >= 0.6 is 12.2 Å². The number of carbonyl (C=O) groups excluding carboxylic acids is 3. The van der Waals surface area contributed by atoms with Gasteiger partial charge in [0.2, 0.25) is 0 Å². The molecule has 1 saturated heterocycles. The van der Waals surface area contributed by atoms with Crippen LogP contribution in [0.1, 0.15) is 23.0 Å². The summed E-state index contributed by atoms with van der Waals surface area (Å²) in [6, 6.07) is 16.9. The molecule has 8 nitrogen and oxygen atoms in total. The molecule has 0 spiro atoms. The zero-order valence-electron chi connectivity index (χ0n) is 18.4. The first kappa shape index (κ1) is 22.9. The summed E-state index contributed by atoms with van der Waals surface area (Å²) in [5.74, 6) is -0.398. The summed E-state index contributed by atoms with van der Waals surface area (Å²) in [6.45, 7) is 2.04. The molecule has 0 atom stereocenters.